The smallest absolute Gasteiger partial charge is 0.326 e. The van der Waals surface area contributed by atoms with Crippen LogP contribution in [0, 0.1) is 5.92 Å². The molecule has 0 radical (unpaired) electrons. The Morgan fingerprint density at radius 1 is 0.895 bits per heavy atom. The number of carbonyl (C=O) groups excluding carboxylic acids is 4. The summed E-state index contributed by atoms with van der Waals surface area (Å²) in [5.41, 5.74) is 17.6. The summed E-state index contributed by atoms with van der Waals surface area (Å²) in [7, 11) is 0. The third kappa shape index (κ3) is 11.7. The molecule has 0 bridgehead atoms. The van der Waals surface area contributed by atoms with Crippen molar-refractivity contribution < 1.29 is 29.1 Å². The number of benzene rings is 1. The summed E-state index contributed by atoms with van der Waals surface area (Å²) >= 11 is 0. The van der Waals surface area contributed by atoms with E-state index in [4.69, 9.17) is 17.2 Å². The Labute approximate surface area is 223 Å². The van der Waals surface area contributed by atoms with Crippen molar-refractivity contribution in [2.24, 2.45) is 23.1 Å². The van der Waals surface area contributed by atoms with E-state index in [0.717, 1.165) is 5.56 Å². The van der Waals surface area contributed by atoms with Crippen LogP contribution in [-0.2, 0) is 30.4 Å². The average Bonchev–Trinajstić information content (AvgIpc) is 2.88. The number of nitrogens with two attached hydrogens (primary N) is 3. The minimum absolute atomic E-state index is 0.101. The lowest BCUT2D eigenvalue weighted by molar-refractivity contribution is -0.143. The van der Waals surface area contributed by atoms with Gasteiger partial charge in [0.25, 0.3) is 0 Å². The normalized spacial score (nSPS) is 14.8. The monoisotopic (exact) mass is 534 g/mol. The Morgan fingerprint density at radius 3 is 2.08 bits per heavy atom. The Kier molecular flexibility index (Phi) is 14.6. The number of amides is 4. The van der Waals surface area contributed by atoms with Crippen LogP contribution in [0.2, 0.25) is 0 Å². The second-order valence-electron chi connectivity index (χ2n) is 9.42. The van der Waals surface area contributed by atoms with Gasteiger partial charge in [0.15, 0.2) is 0 Å². The lowest BCUT2D eigenvalue weighted by Gasteiger charge is -2.28. The molecule has 0 aromatic heterocycles. The van der Waals surface area contributed by atoms with Crippen LogP contribution in [-0.4, -0.2) is 65.4 Å². The summed E-state index contributed by atoms with van der Waals surface area (Å²) in [6.45, 7) is 3.96. The molecule has 0 aliphatic rings. The van der Waals surface area contributed by atoms with Crippen molar-refractivity contribution in [3.63, 3.8) is 0 Å². The highest BCUT2D eigenvalue weighted by Crippen LogP contribution is 2.11. The molecular formula is C26H42N6O6. The third-order valence-corrected chi connectivity index (χ3v) is 6.30. The van der Waals surface area contributed by atoms with E-state index in [1.54, 1.807) is 6.92 Å². The lowest BCUT2D eigenvalue weighted by Crippen LogP contribution is -2.58. The van der Waals surface area contributed by atoms with Gasteiger partial charge in [-0.15, -0.1) is 0 Å². The number of aliphatic carboxylic acids is 1. The first-order valence-electron chi connectivity index (χ1n) is 12.9. The molecule has 12 nitrogen and oxygen atoms in total. The van der Waals surface area contributed by atoms with Gasteiger partial charge in [-0.25, -0.2) is 4.79 Å². The van der Waals surface area contributed by atoms with Crippen LogP contribution in [0.5, 0.6) is 0 Å². The molecule has 0 saturated carbocycles. The minimum atomic E-state index is -1.19. The predicted molar refractivity (Wildman–Crippen MR) is 142 cm³/mol. The van der Waals surface area contributed by atoms with Crippen LogP contribution in [0.15, 0.2) is 30.3 Å². The third-order valence-electron chi connectivity index (χ3n) is 6.30. The molecule has 5 unspecified atom stereocenters. The maximum atomic E-state index is 13.2. The van der Waals surface area contributed by atoms with Crippen LogP contribution in [0.25, 0.3) is 0 Å². The van der Waals surface area contributed by atoms with Gasteiger partial charge in [-0.2, -0.15) is 0 Å². The highest BCUT2D eigenvalue weighted by Gasteiger charge is 2.32. The molecule has 0 aliphatic carbocycles. The van der Waals surface area contributed by atoms with Gasteiger partial charge in [-0.1, -0.05) is 50.6 Å². The summed E-state index contributed by atoms with van der Waals surface area (Å²) in [5, 5.41) is 17.2. The van der Waals surface area contributed by atoms with Crippen molar-refractivity contribution in [3.05, 3.63) is 35.9 Å². The molecule has 4 amide bonds. The van der Waals surface area contributed by atoms with E-state index in [-0.39, 0.29) is 31.6 Å². The molecule has 1 aromatic rings. The van der Waals surface area contributed by atoms with Crippen LogP contribution >= 0.6 is 0 Å². The quantitative estimate of drug-likeness (QED) is 0.122. The highest BCUT2D eigenvalue weighted by atomic mass is 16.4. The zero-order valence-corrected chi connectivity index (χ0v) is 22.2. The predicted octanol–water partition coefficient (Wildman–Crippen LogP) is -0.464. The Hall–Kier alpha value is -3.51. The first-order chi connectivity index (χ1) is 18.0. The van der Waals surface area contributed by atoms with E-state index < -0.39 is 53.8 Å². The summed E-state index contributed by atoms with van der Waals surface area (Å²) < 4.78 is 0. The van der Waals surface area contributed by atoms with Crippen LogP contribution < -0.4 is 33.2 Å². The summed E-state index contributed by atoms with van der Waals surface area (Å²) in [6.07, 6.45) is 1.76. The van der Waals surface area contributed by atoms with Gasteiger partial charge < -0.3 is 38.3 Å². The summed E-state index contributed by atoms with van der Waals surface area (Å²) in [5.74, 6) is -4.18. The number of nitrogens with one attached hydrogen (secondary N) is 3. The second kappa shape index (κ2) is 17.1. The molecule has 1 rings (SSSR count). The fourth-order valence-corrected chi connectivity index (χ4v) is 3.76. The SMILES string of the molecule is CCC(C)C(NC(=O)C(CCC(N)=O)NC(=O)C(N)Cc1ccccc1)C(=O)NC(CCCCN)C(=O)O. The van der Waals surface area contributed by atoms with Gasteiger partial charge in [0, 0.05) is 6.42 Å². The van der Waals surface area contributed by atoms with Crippen molar-refractivity contribution in [1.29, 1.82) is 0 Å². The molecular weight excluding hydrogens is 492 g/mol. The van der Waals surface area contributed by atoms with Gasteiger partial charge in [0.2, 0.25) is 23.6 Å². The number of hydrogen-bond donors (Lipinski definition) is 7. The molecule has 212 valence electrons. The summed E-state index contributed by atoms with van der Waals surface area (Å²) in [6, 6.07) is 4.75. The van der Waals surface area contributed by atoms with Gasteiger partial charge >= 0.3 is 5.97 Å². The molecule has 5 atom stereocenters. The van der Waals surface area contributed by atoms with E-state index in [1.807, 2.05) is 37.3 Å². The summed E-state index contributed by atoms with van der Waals surface area (Å²) in [4.78, 5) is 62.1. The van der Waals surface area contributed by atoms with Gasteiger partial charge in [0.1, 0.15) is 18.1 Å². The number of unbranched alkanes of at least 4 members (excludes halogenated alkanes) is 1. The largest absolute Gasteiger partial charge is 0.480 e. The molecule has 12 heteroatoms. The lowest BCUT2D eigenvalue weighted by atomic mass is 9.96. The highest BCUT2D eigenvalue weighted by molar-refractivity contribution is 5.94. The second-order valence-corrected chi connectivity index (χ2v) is 9.42. The molecule has 1 aromatic carbocycles. The van der Waals surface area contributed by atoms with E-state index in [9.17, 15) is 29.1 Å². The maximum absolute atomic E-state index is 13.2. The van der Waals surface area contributed by atoms with Crippen molar-refractivity contribution in [1.82, 2.24) is 16.0 Å². The van der Waals surface area contributed by atoms with Crippen molar-refractivity contribution in [3.8, 4) is 0 Å². The van der Waals surface area contributed by atoms with Gasteiger partial charge in [0.05, 0.1) is 6.04 Å². The molecule has 38 heavy (non-hydrogen) atoms. The van der Waals surface area contributed by atoms with Gasteiger partial charge in [-0.3, -0.25) is 19.2 Å². The average molecular weight is 535 g/mol. The van der Waals surface area contributed by atoms with E-state index in [1.165, 1.54) is 0 Å². The number of primary amides is 1. The van der Waals surface area contributed by atoms with Crippen LogP contribution in [0.1, 0.15) is 57.9 Å². The Morgan fingerprint density at radius 2 is 1.53 bits per heavy atom. The van der Waals surface area contributed by atoms with Crippen molar-refractivity contribution >= 4 is 29.6 Å². The molecule has 0 aliphatic heterocycles. The number of rotatable bonds is 18. The maximum Gasteiger partial charge on any atom is 0.326 e. The van der Waals surface area contributed by atoms with E-state index in [0.29, 0.717) is 25.8 Å². The molecule has 0 saturated heterocycles. The van der Waals surface area contributed by atoms with E-state index >= 15 is 0 Å². The zero-order valence-electron chi connectivity index (χ0n) is 22.2. The topological polar surface area (TPSA) is 220 Å². The first-order valence-corrected chi connectivity index (χ1v) is 12.9. The Bertz CT molecular complexity index is 928. The van der Waals surface area contributed by atoms with Crippen molar-refractivity contribution in [2.45, 2.75) is 83.0 Å². The number of carbonyl (C=O) groups is 5. The first kappa shape index (κ1) is 32.5. The standard InChI is InChI=1S/C26H42N6O6/c1-3-16(2)22(25(36)31-20(26(37)38)11-7-8-14-27)32-24(35)19(12-13-21(29)33)30-23(34)18(28)15-17-9-5-4-6-10-17/h4-6,9-10,16,18-20,22H,3,7-8,11-15,27-28H2,1-2H3,(H2,29,33)(H,30,34)(H,31,36)(H,32,35)(H,37,38). The zero-order chi connectivity index (χ0) is 28.7. The Balaban J connectivity index is 2.99. The number of carboxylic acids is 1. The van der Waals surface area contributed by atoms with Gasteiger partial charge in [-0.05, 0) is 50.1 Å². The van der Waals surface area contributed by atoms with Crippen molar-refractivity contribution in [2.75, 3.05) is 6.54 Å². The molecule has 10 N–H and O–H groups in total. The van der Waals surface area contributed by atoms with Crippen LogP contribution in [0.4, 0.5) is 0 Å². The number of carboxylic acid groups (broad SMARTS) is 1. The van der Waals surface area contributed by atoms with E-state index in [2.05, 4.69) is 16.0 Å². The molecule has 0 spiro atoms. The fourth-order valence-electron chi connectivity index (χ4n) is 3.76. The number of hydrogen-bond acceptors (Lipinski definition) is 7. The molecule has 0 heterocycles. The van der Waals surface area contributed by atoms with Crippen LogP contribution in [0.3, 0.4) is 0 Å². The fraction of sp³-hybridized carbons (Fsp3) is 0.577. The molecule has 0 fully saturated rings. The minimum Gasteiger partial charge on any atom is -0.480 e.